The standard InChI is InChI=1S/C20H21N3O/c1-20-11-14(12-21)17(24)10-15(20)8-9-16-18(23(2)22-19(16)20)13-6-4-3-5-7-13/h3-7,14-15H,8-11H2,1-2H3. The molecule has 0 N–H and O–H groups in total. The molecule has 0 aliphatic heterocycles. The van der Waals surface area contributed by atoms with Gasteiger partial charge in [-0.05, 0) is 25.2 Å². The minimum absolute atomic E-state index is 0.114. The van der Waals surface area contributed by atoms with Crippen molar-refractivity contribution in [1.82, 2.24) is 9.78 Å². The van der Waals surface area contributed by atoms with Crippen molar-refractivity contribution in [3.8, 4) is 17.3 Å². The van der Waals surface area contributed by atoms with Crippen LogP contribution in [-0.2, 0) is 23.7 Å². The van der Waals surface area contributed by atoms with Gasteiger partial charge in [0.2, 0.25) is 0 Å². The Kier molecular flexibility index (Phi) is 3.35. The van der Waals surface area contributed by atoms with E-state index in [1.54, 1.807) is 0 Å². The zero-order valence-electron chi connectivity index (χ0n) is 14.1. The molecule has 24 heavy (non-hydrogen) atoms. The number of rotatable bonds is 1. The van der Waals surface area contributed by atoms with E-state index in [2.05, 4.69) is 25.1 Å². The highest BCUT2D eigenvalue weighted by atomic mass is 16.1. The second kappa shape index (κ2) is 5.31. The Balaban J connectivity index is 1.85. The molecule has 0 radical (unpaired) electrons. The minimum Gasteiger partial charge on any atom is -0.298 e. The third-order valence-electron chi connectivity index (χ3n) is 6.00. The number of aryl methyl sites for hydroxylation is 1. The lowest BCUT2D eigenvalue weighted by molar-refractivity contribution is -0.126. The first-order chi connectivity index (χ1) is 11.5. The van der Waals surface area contributed by atoms with E-state index >= 15 is 0 Å². The summed E-state index contributed by atoms with van der Waals surface area (Å²) in [7, 11) is 1.99. The molecule has 3 unspecified atom stereocenters. The molecule has 2 aromatic rings. The molecule has 4 rings (SSSR count). The largest absolute Gasteiger partial charge is 0.298 e. The van der Waals surface area contributed by atoms with Crippen LogP contribution in [0.25, 0.3) is 11.3 Å². The quantitative estimate of drug-likeness (QED) is 0.809. The summed E-state index contributed by atoms with van der Waals surface area (Å²) in [6.07, 6.45) is 3.08. The molecule has 122 valence electrons. The van der Waals surface area contributed by atoms with Gasteiger partial charge in [-0.1, -0.05) is 37.3 Å². The number of nitriles is 1. The first-order valence-corrected chi connectivity index (χ1v) is 8.58. The number of fused-ring (bicyclic) bond motifs is 3. The maximum atomic E-state index is 12.2. The normalized spacial score (nSPS) is 28.8. The number of nitrogens with zero attached hydrogens (tertiary/aromatic N) is 3. The molecule has 1 heterocycles. The second-order valence-corrected chi connectivity index (χ2v) is 7.37. The molecule has 1 aromatic carbocycles. The third kappa shape index (κ3) is 2.04. The Bertz CT molecular complexity index is 846. The minimum atomic E-state index is -0.487. The van der Waals surface area contributed by atoms with E-state index < -0.39 is 5.92 Å². The van der Waals surface area contributed by atoms with Crippen LogP contribution in [0.15, 0.2) is 30.3 Å². The third-order valence-corrected chi connectivity index (χ3v) is 6.00. The molecular weight excluding hydrogens is 298 g/mol. The summed E-state index contributed by atoms with van der Waals surface area (Å²) in [6.45, 7) is 2.20. The molecule has 0 bridgehead atoms. The van der Waals surface area contributed by atoms with Crippen molar-refractivity contribution in [3.05, 3.63) is 41.6 Å². The van der Waals surface area contributed by atoms with E-state index in [1.807, 2.05) is 29.9 Å². The number of hydrogen-bond acceptors (Lipinski definition) is 3. The zero-order valence-corrected chi connectivity index (χ0v) is 14.1. The predicted octanol–water partition coefficient (Wildman–Crippen LogP) is 3.41. The van der Waals surface area contributed by atoms with Gasteiger partial charge in [-0.2, -0.15) is 10.4 Å². The highest BCUT2D eigenvalue weighted by molar-refractivity contribution is 5.85. The van der Waals surface area contributed by atoms with Gasteiger partial charge in [-0.25, -0.2) is 0 Å². The molecular formula is C20H21N3O. The Morgan fingerprint density at radius 1 is 1.33 bits per heavy atom. The fraction of sp³-hybridized carbons (Fsp3) is 0.450. The van der Waals surface area contributed by atoms with Crippen LogP contribution in [0.4, 0.5) is 0 Å². The van der Waals surface area contributed by atoms with Crippen LogP contribution in [0.5, 0.6) is 0 Å². The first kappa shape index (κ1) is 15.1. The van der Waals surface area contributed by atoms with Crippen LogP contribution in [0, 0.1) is 23.2 Å². The van der Waals surface area contributed by atoms with Crippen molar-refractivity contribution in [2.45, 2.75) is 38.0 Å². The van der Waals surface area contributed by atoms with E-state index in [4.69, 9.17) is 5.10 Å². The van der Waals surface area contributed by atoms with Gasteiger partial charge < -0.3 is 0 Å². The zero-order chi connectivity index (χ0) is 16.9. The van der Waals surface area contributed by atoms with Crippen molar-refractivity contribution in [2.24, 2.45) is 18.9 Å². The summed E-state index contributed by atoms with van der Waals surface area (Å²) in [6, 6.07) is 12.6. The Labute approximate surface area is 142 Å². The van der Waals surface area contributed by atoms with Gasteiger partial charge in [0.1, 0.15) is 11.7 Å². The van der Waals surface area contributed by atoms with E-state index in [9.17, 15) is 10.1 Å². The Morgan fingerprint density at radius 2 is 2.08 bits per heavy atom. The van der Waals surface area contributed by atoms with E-state index in [0.717, 1.165) is 18.5 Å². The van der Waals surface area contributed by atoms with Gasteiger partial charge >= 0.3 is 0 Å². The van der Waals surface area contributed by atoms with Gasteiger partial charge in [0.15, 0.2) is 0 Å². The van der Waals surface area contributed by atoms with Gasteiger partial charge in [0, 0.05) is 30.0 Å². The lowest BCUT2D eigenvalue weighted by atomic mass is 9.57. The van der Waals surface area contributed by atoms with Crippen LogP contribution in [0.1, 0.15) is 37.4 Å². The van der Waals surface area contributed by atoms with Crippen LogP contribution in [0.3, 0.4) is 0 Å². The average molecular weight is 319 g/mol. The molecule has 0 amide bonds. The SMILES string of the molecule is Cn1nc2c(c1-c1ccccc1)CCC1CC(=O)C(C#N)CC21C. The van der Waals surface area contributed by atoms with Crippen molar-refractivity contribution in [1.29, 1.82) is 5.26 Å². The van der Waals surface area contributed by atoms with Gasteiger partial charge in [-0.3, -0.25) is 9.48 Å². The highest BCUT2D eigenvalue weighted by Crippen LogP contribution is 2.51. The maximum absolute atomic E-state index is 12.2. The van der Waals surface area contributed by atoms with E-state index in [-0.39, 0.29) is 11.2 Å². The number of hydrogen-bond donors (Lipinski definition) is 0. The number of carbonyl (C=O) groups is 1. The highest BCUT2D eigenvalue weighted by Gasteiger charge is 2.50. The summed E-state index contributed by atoms with van der Waals surface area (Å²) in [4.78, 5) is 12.2. The summed E-state index contributed by atoms with van der Waals surface area (Å²) >= 11 is 0. The molecule has 1 saturated carbocycles. The van der Waals surface area contributed by atoms with Crippen molar-refractivity contribution < 1.29 is 4.79 Å². The number of ketones is 1. The lowest BCUT2D eigenvalue weighted by Gasteiger charge is -2.44. The van der Waals surface area contributed by atoms with Gasteiger partial charge in [-0.15, -0.1) is 0 Å². The Hall–Kier alpha value is -2.41. The van der Waals surface area contributed by atoms with Crippen LogP contribution >= 0.6 is 0 Å². The van der Waals surface area contributed by atoms with Crippen LogP contribution in [-0.4, -0.2) is 15.6 Å². The second-order valence-electron chi connectivity index (χ2n) is 7.37. The monoisotopic (exact) mass is 319 g/mol. The number of benzene rings is 1. The molecule has 2 aliphatic rings. The molecule has 0 saturated heterocycles. The fourth-order valence-electron chi connectivity index (χ4n) is 4.68. The molecule has 4 heteroatoms. The van der Waals surface area contributed by atoms with Gasteiger partial charge in [0.05, 0.1) is 17.5 Å². The lowest BCUT2D eigenvalue weighted by Crippen LogP contribution is -2.45. The van der Waals surface area contributed by atoms with Crippen molar-refractivity contribution in [3.63, 3.8) is 0 Å². The van der Waals surface area contributed by atoms with E-state index in [1.165, 1.54) is 16.8 Å². The fourth-order valence-corrected chi connectivity index (χ4v) is 4.68. The predicted molar refractivity (Wildman–Crippen MR) is 91.2 cm³/mol. The molecule has 1 fully saturated rings. The molecule has 3 atom stereocenters. The van der Waals surface area contributed by atoms with Crippen LogP contribution < -0.4 is 0 Å². The van der Waals surface area contributed by atoms with Crippen LogP contribution in [0.2, 0.25) is 0 Å². The van der Waals surface area contributed by atoms with Gasteiger partial charge in [0.25, 0.3) is 0 Å². The summed E-state index contributed by atoms with van der Waals surface area (Å²) < 4.78 is 1.98. The molecule has 2 aliphatic carbocycles. The molecule has 4 nitrogen and oxygen atoms in total. The van der Waals surface area contributed by atoms with Crippen molar-refractivity contribution in [2.75, 3.05) is 0 Å². The number of Topliss-reactive ketones (excluding diaryl/α,β-unsaturated/α-hetero) is 1. The van der Waals surface area contributed by atoms with Crippen molar-refractivity contribution >= 4 is 5.78 Å². The summed E-state index contributed by atoms with van der Waals surface area (Å²) in [5, 5.41) is 14.2. The number of aromatic nitrogens is 2. The molecule has 1 aromatic heterocycles. The first-order valence-electron chi connectivity index (χ1n) is 8.58. The topological polar surface area (TPSA) is 58.7 Å². The molecule has 0 spiro atoms. The number of carbonyl (C=O) groups excluding carboxylic acids is 1. The average Bonchev–Trinajstić information content (AvgIpc) is 2.93. The Morgan fingerprint density at radius 3 is 2.79 bits per heavy atom. The smallest absolute Gasteiger partial charge is 0.150 e. The maximum Gasteiger partial charge on any atom is 0.150 e. The summed E-state index contributed by atoms with van der Waals surface area (Å²) in [5.74, 6) is -0.0670. The summed E-state index contributed by atoms with van der Waals surface area (Å²) in [5.41, 5.74) is 4.59. The van der Waals surface area contributed by atoms with E-state index in [0.29, 0.717) is 18.8 Å².